The largest absolute Gasteiger partial charge is 0.352 e. The molecule has 0 heterocycles. The molecule has 6 N–H and O–H groups in total. The number of hydrogen-bond donors (Lipinski definition) is 5. The van der Waals surface area contributed by atoms with Crippen molar-refractivity contribution in [3.8, 4) is 0 Å². The monoisotopic (exact) mass is 187 g/mol. The minimum atomic E-state index is -3.62. The second-order valence-electron chi connectivity index (χ2n) is 2.11. The van der Waals surface area contributed by atoms with Crippen LogP contribution in [0.15, 0.2) is 0 Å². The van der Waals surface area contributed by atoms with Crippen LogP contribution in [0.4, 0.5) is 0 Å². The van der Waals surface area contributed by atoms with Crippen molar-refractivity contribution in [3.63, 3.8) is 0 Å². The van der Waals surface area contributed by atoms with E-state index in [0.717, 1.165) is 6.92 Å². The van der Waals surface area contributed by atoms with E-state index in [1.165, 1.54) is 0 Å². The molecule has 5 nitrogen and oxygen atoms in total. The first-order valence-electron chi connectivity index (χ1n) is 2.35. The van der Waals surface area contributed by atoms with Crippen LogP contribution in [0.25, 0.3) is 0 Å². The van der Waals surface area contributed by atoms with Crippen molar-refractivity contribution < 1.29 is 19.6 Å². The Bertz CT molecular complexity index is 162. The van der Waals surface area contributed by atoms with E-state index in [2.05, 4.69) is 6.30 Å². The summed E-state index contributed by atoms with van der Waals surface area (Å²) < 4.78 is 0. The lowest BCUT2D eigenvalue weighted by atomic mass is 10.8. The maximum Gasteiger partial charge on any atom is 0.195 e. The zero-order valence-corrected chi connectivity index (χ0v) is 7.26. The first-order valence-corrected chi connectivity index (χ1v) is 5.48. The Morgan fingerprint density at radius 1 is 1.50 bits per heavy atom. The van der Waals surface area contributed by atoms with Crippen molar-refractivity contribution in [1.29, 1.82) is 0 Å². The van der Waals surface area contributed by atoms with Gasteiger partial charge in [-0.2, -0.15) is 0 Å². The second kappa shape index (κ2) is 2.88. The molecule has 0 fully saturated rings. The molecule has 0 radical (unpaired) electrons. The number of nitrogens with two attached hydrogens (primary N) is 1. The van der Waals surface area contributed by atoms with Crippen molar-refractivity contribution in [2.45, 2.75) is 11.9 Å². The van der Waals surface area contributed by atoms with Crippen molar-refractivity contribution >= 4 is 22.0 Å². The molecule has 0 aromatic heterocycles. The molecule has 0 aliphatic carbocycles. The van der Waals surface area contributed by atoms with Crippen LogP contribution in [0, 0.1) is 0 Å². The maximum absolute atomic E-state index is 8.84. The summed E-state index contributed by atoms with van der Waals surface area (Å²) >= 11 is 0. The minimum absolute atomic E-state index is 1.14. The highest BCUT2D eigenvalue weighted by atomic mass is 31.2. The van der Waals surface area contributed by atoms with Gasteiger partial charge in [-0.05, 0) is 13.2 Å². The molecule has 0 aliphatic heterocycles. The fourth-order valence-corrected chi connectivity index (χ4v) is 1.29. The van der Waals surface area contributed by atoms with Crippen molar-refractivity contribution in [1.82, 2.24) is 0 Å². The van der Waals surface area contributed by atoms with Gasteiger partial charge in [0.05, 0.1) is 0 Å². The van der Waals surface area contributed by atoms with E-state index in [4.69, 9.17) is 25.3 Å². The van der Waals surface area contributed by atoms with Gasteiger partial charge in [0.15, 0.2) is 8.38 Å². The third-order valence-electron chi connectivity index (χ3n) is 1.13. The summed E-state index contributed by atoms with van der Waals surface area (Å²) in [5.41, 5.74) is 5.15. The highest BCUT2D eigenvalue weighted by Crippen LogP contribution is 2.60. The van der Waals surface area contributed by atoms with Crippen LogP contribution >= 0.6 is 15.7 Å². The summed E-state index contributed by atoms with van der Waals surface area (Å²) in [6, 6.07) is 0. The van der Waals surface area contributed by atoms with E-state index < -0.39 is 20.7 Å². The predicted molar refractivity (Wildman–Crippen MR) is 42.4 cm³/mol. The van der Waals surface area contributed by atoms with Crippen LogP contribution in [0.3, 0.4) is 0 Å². The van der Waals surface area contributed by atoms with Crippen molar-refractivity contribution in [3.05, 3.63) is 0 Å². The second-order valence-corrected chi connectivity index (χ2v) is 6.36. The molecule has 10 heavy (non-hydrogen) atoms. The molecule has 0 aromatic carbocycles. The Morgan fingerprint density at radius 3 is 1.80 bits per heavy atom. The molecule has 7 heteroatoms. The van der Waals surface area contributed by atoms with Gasteiger partial charge in [0.25, 0.3) is 0 Å². The standard InChI is InChI=1S/C3H11NO4P2/c1-3(4,9(5)6)10(2,7)8/h5-8H,2,4H2,1H3. The third-order valence-corrected chi connectivity index (χ3v) is 4.89. The van der Waals surface area contributed by atoms with Gasteiger partial charge in [-0.3, -0.25) is 0 Å². The molecule has 62 valence electrons. The average molecular weight is 187 g/mol. The summed E-state index contributed by atoms with van der Waals surface area (Å²) in [5.74, 6) is 0. The van der Waals surface area contributed by atoms with Gasteiger partial charge in [0, 0.05) is 0 Å². The van der Waals surface area contributed by atoms with E-state index in [1.807, 2.05) is 0 Å². The summed E-state index contributed by atoms with van der Waals surface area (Å²) in [7, 11) is -6.19. The molecule has 0 rings (SSSR count). The van der Waals surface area contributed by atoms with Crippen LogP contribution in [-0.4, -0.2) is 30.9 Å². The summed E-state index contributed by atoms with van der Waals surface area (Å²) in [6.45, 7) is 1.14. The molecular formula is C3H11NO4P2. The summed E-state index contributed by atoms with van der Waals surface area (Å²) in [6.07, 6.45) is 2.96. The van der Waals surface area contributed by atoms with E-state index in [1.54, 1.807) is 0 Å². The molecule has 0 bridgehead atoms. The Labute approximate surface area is 60.2 Å². The van der Waals surface area contributed by atoms with Crippen LogP contribution < -0.4 is 5.73 Å². The molecule has 0 aromatic rings. The van der Waals surface area contributed by atoms with Gasteiger partial charge in [0.1, 0.15) is 12.4 Å². The lowest BCUT2D eigenvalue weighted by molar-refractivity contribution is 0.418. The molecule has 1 unspecified atom stereocenters. The zero-order valence-electron chi connectivity index (χ0n) is 5.47. The van der Waals surface area contributed by atoms with E-state index in [-0.39, 0.29) is 0 Å². The van der Waals surface area contributed by atoms with E-state index in [9.17, 15) is 0 Å². The molecule has 1 atom stereocenters. The maximum atomic E-state index is 8.84. The lowest BCUT2D eigenvalue weighted by Gasteiger charge is -2.30. The van der Waals surface area contributed by atoms with Gasteiger partial charge in [0.2, 0.25) is 0 Å². The van der Waals surface area contributed by atoms with Crippen molar-refractivity contribution in [2.24, 2.45) is 5.73 Å². The van der Waals surface area contributed by atoms with E-state index in [0.29, 0.717) is 0 Å². The first-order chi connectivity index (χ1) is 4.19. The van der Waals surface area contributed by atoms with Crippen LogP contribution in [0.5, 0.6) is 0 Å². The quantitative estimate of drug-likeness (QED) is 0.363. The minimum Gasteiger partial charge on any atom is -0.352 e. The van der Waals surface area contributed by atoms with Crippen LogP contribution in [-0.2, 0) is 0 Å². The molecule has 0 saturated carbocycles. The summed E-state index contributed by atoms with van der Waals surface area (Å²) in [5, 5.41) is -1.78. The Morgan fingerprint density at radius 2 is 1.80 bits per heavy atom. The highest BCUT2D eigenvalue weighted by molar-refractivity contribution is 7.75. The number of rotatable bonds is 2. The first kappa shape index (κ1) is 10.5. The third kappa shape index (κ3) is 2.01. The molecule has 0 amide bonds. The van der Waals surface area contributed by atoms with Crippen LogP contribution in [0.1, 0.15) is 6.92 Å². The van der Waals surface area contributed by atoms with Gasteiger partial charge in [-0.1, -0.05) is 0 Å². The van der Waals surface area contributed by atoms with Gasteiger partial charge >= 0.3 is 0 Å². The highest BCUT2D eigenvalue weighted by Gasteiger charge is 2.39. The van der Waals surface area contributed by atoms with Gasteiger partial charge < -0.3 is 25.3 Å². The Balaban J connectivity index is 4.58. The fourth-order valence-electron chi connectivity index (χ4n) is 0.143. The normalized spacial score (nSPS) is 19.1. The predicted octanol–water partition coefficient (Wildman–Crippen LogP) is -0.821. The molecule has 0 aliphatic rings. The molecule has 0 spiro atoms. The molecule has 0 saturated heterocycles. The topological polar surface area (TPSA) is 107 Å². The van der Waals surface area contributed by atoms with Crippen molar-refractivity contribution in [2.75, 3.05) is 0 Å². The SMILES string of the molecule is C=P(O)(O)C(C)(N)P(O)O. The average Bonchev–Trinajstić information content (AvgIpc) is 1.62. The lowest BCUT2D eigenvalue weighted by Crippen LogP contribution is -2.33. The fraction of sp³-hybridized carbons (Fsp3) is 0.667. The van der Waals surface area contributed by atoms with Gasteiger partial charge in [-0.15, -0.1) is 0 Å². The van der Waals surface area contributed by atoms with Gasteiger partial charge in [-0.25, -0.2) is 0 Å². The zero-order chi connectivity index (χ0) is 8.58. The number of hydrogen-bond acceptors (Lipinski definition) is 5. The smallest absolute Gasteiger partial charge is 0.195 e. The van der Waals surface area contributed by atoms with E-state index >= 15 is 0 Å². The molecular weight excluding hydrogens is 176 g/mol. The van der Waals surface area contributed by atoms with Crippen LogP contribution in [0.2, 0.25) is 0 Å². The Kier molecular flexibility index (Phi) is 3.03. The summed E-state index contributed by atoms with van der Waals surface area (Å²) in [4.78, 5) is 34.8. The Hall–Kier alpha value is 0.530.